The molecule has 0 amide bonds. The molecule has 4 heteroatoms. The number of hydrazine groups is 1. The Balaban J connectivity index is 3.06. The summed E-state index contributed by atoms with van der Waals surface area (Å²) in [6, 6.07) is 5.48. The van der Waals surface area contributed by atoms with Crippen molar-refractivity contribution in [2.45, 2.75) is 9.79 Å². The minimum atomic E-state index is 0.817. The Morgan fingerprint density at radius 1 is 1.10 bits per heavy atom. The van der Waals surface area contributed by atoms with Crippen LogP contribution in [-0.2, 0) is 0 Å². The SMILES string of the molecule is NNc1cc(S)cc(S)c1. The van der Waals surface area contributed by atoms with Crippen LogP contribution in [0.5, 0.6) is 0 Å². The van der Waals surface area contributed by atoms with E-state index in [0.717, 1.165) is 15.5 Å². The Hall–Kier alpha value is -0.320. The molecule has 0 aliphatic heterocycles. The Bertz CT molecular complexity index is 217. The molecule has 0 unspecified atom stereocenters. The second-order valence-corrected chi connectivity index (χ2v) is 2.92. The van der Waals surface area contributed by atoms with E-state index in [1.807, 2.05) is 18.2 Å². The molecule has 2 nitrogen and oxygen atoms in total. The van der Waals surface area contributed by atoms with Crippen LogP contribution in [0.15, 0.2) is 28.0 Å². The average Bonchev–Trinajstić information content (AvgIpc) is 1.85. The molecule has 0 atom stereocenters. The summed E-state index contributed by atoms with van der Waals surface area (Å²) >= 11 is 8.27. The van der Waals surface area contributed by atoms with Crippen LogP contribution in [0.25, 0.3) is 0 Å². The fourth-order valence-electron chi connectivity index (χ4n) is 0.678. The first-order valence-corrected chi connectivity index (χ1v) is 3.61. The number of hydrogen-bond donors (Lipinski definition) is 4. The van der Waals surface area contributed by atoms with Crippen molar-refractivity contribution in [2.24, 2.45) is 5.84 Å². The second-order valence-electron chi connectivity index (χ2n) is 1.88. The van der Waals surface area contributed by atoms with E-state index in [4.69, 9.17) is 5.84 Å². The van der Waals surface area contributed by atoms with Gasteiger partial charge in [-0.1, -0.05) is 0 Å². The molecule has 0 bridgehead atoms. The average molecular weight is 172 g/mol. The number of rotatable bonds is 1. The number of thiol groups is 2. The molecular formula is C6H8N2S2. The van der Waals surface area contributed by atoms with Crippen molar-refractivity contribution >= 4 is 30.9 Å². The Kier molecular flexibility index (Phi) is 2.48. The number of hydrogen-bond acceptors (Lipinski definition) is 4. The third kappa shape index (κ3) is 1.83. The van der Waals surface area contributed by atoms with Gasteiger partial charge in [-0.15, -0.1) is 25.3 Å². The number of benzene rings is 1. The van der Waals surface area contributed by atoms with Gasteiger partial charge in [-0.25, -0.2) is 0 Å². The van der Waals surface area contributed by atoms with E-state index >= 15 is 0 Å². The summed E-state index contributed by atoms with van der Waals surface area (Å²) in [7, 11) is 0. The van der Waals surface area contributed by atoms with Gasteiger partial charge < -0.3 is 5.43 Å². The van der Waals surface area contributed by atoms with Gasteiger partial charge in [0.2, 0.25) is 0 Å². The number of nitrogen functional groups attached to an aromatic ring is 1. The zero-order valence-electron chi connectivity index (χ0n) is 5.20. The zero-order chi connectivity index (χ0) is 7.56. The van der Waals surface area contributed by atoms with Crippen molar-refractivity contribution in [1.29, 1.82) is 0 Å². The molecule has 1 aromatic rings. The summed E-state index contributed by atoms with van der Waals surface area (Å²) in [5, 5.41) is 0. The molecule has 1 rings (SSSR count). The molecule has 0 radical (unpaired) electrons. The lowest BCUT2D eigenvalue weighted by Gasteiger charge is -2.01. The highest BCUT2D eigenvalue weighted by molar-refractivity contribution is 7.81. The first kappa shape index (κ1) is 7.78. The van der Waals surface area contributed by atoms with Gasteiger partial charge in [-0.3, -0.25) is 5.84 Å². The topological polar surface area (TPSA) is 38.0 Å². The maximum atomic E-state index is 5.17. The highest BCUT2D eigenvalue weighted by Crippen LogP contribution is 2.18. The number of nitrogens with one attached hydrogen (secondary N) is 1. The van der Waals surface area contributed by atoms with Crippen molar-refractivity contribution in [1.82, 2.24) is 0 Å². The minimum Gasteiger partial charge on any atom is -0.324 e. The Morgan fingerprint density at radius 2 is 1.60 bits per heavy atom. The van der Waals surface area contributed by atoms with E-state index in [1.165, 1.54) is 0 Å². The molecule has 0 fully saturated rings. The normalized spacial score (nSPS) is 9.50. The molecule has 3 N–H and O–H groups in total. The van der Waals surface area contributed by atoms with Crippen LogP contribution < -0.4 is 11.3 Å². The third-order valence-electron chi connectivity index (χ3n) is 1.07. The Labute approximate surface area is 70.6 Å². The van der Waals surface area contributed by atoms with E-state index in [2.05, 4.69) is 30.7 Å². The summed E-state index contributed by atoms with van der Waals surface area (Å²) < 4.78 is 0. The standard InChI is InChI=1S/C6H8N2S2/c7-8-4-1-5(9)3-6(10)2-4/h1-3,8-10H,7H2. The van der Waals surface area contributed by atoms with Gasteiger partial charge in [0, 0.05) is 9.79 Å². The van der Waals surface area contributed by atoms with Crippen LogP contribution in [0.2, 0.25) is 0 Å². The molecule has 0 heterocycles. The third-order valence-corrected chi connectivity index (χ3v) is 1.59. The van der Waals surface area contributed by atoms with E-state index in [0.29, 0.717) is 0 Å². The molecule has 0 aliphatic carbocycles. The van der Waals surface area contributed by atoms with Gasteiger partial charge in [0.25, 0.3) is 0 Å². The van der Waals surface area contributed by atoms with Crippen molar-refractivity contribution in [3.05, 3.63) is 18.2 Å². The van der Waals surface area contributed by atoms with E-state index in [1.54, 1.807) is 0 Å². The predicted molar refractivity (Wildman–Crippen MR) is 48.8 cm³/mol. The summed E-state index contributed by atoms with van der Waals surface area (Å²) in [6.07, 6.45) is 0. The Morgan fingerprint density at radius 3 is 2.00 bits per heavy atom. The molecule has 0 saturated heterocycles. The molecule has 10 heavy (non-hydrogen) atoms. The van der Waals surface area contributed by atoms with Crippen LogP contribution in [0, 0.1) is 0 Å². The van der Waals surface area contributed by atoms with Gasteiger partial charge in [0.05, 0.1) is 5.69 Å². The van der Waals surface area contributed by atoms with Gasteiger partial charge in [-0.05, 0) is 18.2 Å². The maximum Gasteiger partial charge on any atom is 0.0507 e. The minimum absolute atomic E-state index is 0.817. The monoisotopic (exact) mass is 172 g/mol. The molecule has 0 aromatic heterocycles. The lowest BCUT2D eigenvalue weighted by atomic mass is 10.3. The molecule has 1 aromatic carbocycles. The lowest BCUT2D eigenvalue weighted by Crippen LogP contribution is -2.06. The summed E-state index contributed by atoms with van der Waals surface area (Å²) in [4.78, 5) is 1.70. The number of anilines is 1. The quantitative estimate of drug-likeness (QED) is 0.295. The van der Waals surface area contributed by atoms with Gasteiger partial charge in [0.1, 0.15) is 0 Å². The summed E-state index contributed by atoms with van der Waals surface area (Å²) in [5.74, 6) is 5.17. The molecular weight excluding hydrogens is 164 g/mol. The molecule has 0 saturated carbocycles. The summed E-state index contributed by atoms with van der Waals surface area (Å²) in [5.41, 5.74) is 3.33. The van der Waals surface area contributed by atoms with Crippen LogP contribution in [-0.4, -0.2) is 0 Å². The van der Waals surface area contributed by atoms with E-state index in [9.17, 15) is 0 Å². The van der Waals surface area contributed by atoms with E-state index < -0.39 is 0 Å². The first-order valence-electron chi connectivity index (χ1n) is 2.72. The fraction of sp³-hybridized carbons (Fsp3) is 0. The van der Waals surface area contributed by atoms with Crippen LogP contribution >= 0.6 is 25.3 Å². The highest BCUT2D eigenvalue weighted by atomic mass is 32.1. The smallest absolute Gasteiger partial charge is 0.0507 e. The van der Waals surface area contributed by atoms with Gasteiger partial charge in [0.15, 0.2) is 0 Å². The fourth-order valence-corrected chi connectivity index (χ4v) is 1.34. The van der Waals surface area contributed by atoms with Crippen LogP contribution in [0.4, 0.5) is 5.69 Å². The number of nitrogens with two attached hydrogens (primary N) is 1. The molecule has 0 aliphatic rings. The molecule has 0 spiro atoms. The van der Waals surface area contributed by atoms with Crippen molar-refractivity contribution < 1.29 is 0 Å². The predicted octanol–water partition coefficient (Wildman–Crippen LogP) is 1.55. The van der Waals surface area contributed by atoms with Crippen molar-refractivity contribution in [3.8, 4) is 0 Å². The largest absolute Gasteiger partial charge is 0.324 e. The zero-order valence-corrected chi connectivity index (χ0v) is 6.99. The summed E-state index contributed by atoms with van der Waals surface area (Å²) in [6.45, 7) is 0. The van der Waals surface area contributed by atoms with E-state index in [-0.39, 0.29) is 0 Å². The molecule has 54 valence electrons. The van der Waals surface area contributed by atoms with Crippen molar-refractivity contribution in [3.63, 3.8) is 0 Å². The second kappa shape index (κ2) is 3.18. The van der Waals surface area contributed by atoms with Crippen LogP contribution in [0.3, 0.4) is 0 Å². The first-order chi connectivity index (χ1) is 4.72. The van der Waals surface area contributed by atoms with Gasteiger partial charge >= 0.3 is 0 Å². The maximum absolute atomic E-state index is 5.17. The van der Waals surface area contributed by atoms with Crippen LogP contribution in [0.1, 0.15) is 0 Å². The van der Waals surface area contributed by atoms with Crippen molar-refractivity contribution in [2.75, 3.05) is 5.43 Å². The highest BCUT2D eigenvalue weighted by Gasteiger charge is 1.92. The van der Waals surface area contributed by atoms with Gasteiger partial charge in [-0.2, -0.15) is 0 Å². The lowest BCUT2D eigenvalue weighted by molar-refractivity contribution is 1.28.